The number of carbonyl (C=O) groups excluding carboxylic acids is 1. The maximum absolute atomic E-state index is 12.2. The molecule has 0 fully saturated rings. The smallest absolute Gasteiger partial charge is 0.258 e. The molecule has 0 bridgehead atoms. The van der Waals surface area contributed by atoms with Crippen LogP contribution in [0.3, 0.4) is 0 Å². The topological polar surface area (TPSA) is 72.9 Å². The van der Waals surface area contributed by atoms with Crippen molar-refractivity contribution in [3.05, 3.63) is 31.0 Å². The number of aromatic nitrogens is 2. The van der Waals surface area contributed by atoms with Gasteiger partial charge < -0.3 is 11.1 Å². The number of carbonyl (C=O) groups is 1. The summed E-state index contributed by atoms with van der Waals surface area (Å²) in [4.78, 5) is 12.4. The minimum Gasteiger partial charge on any atom is -0.389 e. The molecule has 0 unspecified atom stereocenters. The van der Waals surface area contributed by atoms with E-state index in [4.69, 9.17) is 18.0 Å². The van der Waals surface area contributed by atoms with E-state index in [2.05, 4.69) is 42.3 Å². The molecule has 0 spiro atoms. The number of hydrogen-bond donors (Lipinski definition) is 2. The van der Waals surface area contributed by atoms with Gasteiger partial charge in [-0.05, 0) is 37.9 Å². The maximum atomic E-state index is 12.2. The first-order chi connectivity index (χ1) is 8.90. The Hall–Kier alpha value is -0.770. The van der Waals surface area contributed by atoms with E-state index in [1.54, 1.807) is 13.1 Å². The number of nitrogens with two attached hydrogens (primary N) is 1. The molecule has 9 heteroatoms. The van der Waals surface area contributed by atoms with Crippen LogP contribution in [0, 0.1) is 0 Å². The van der Waals surface area contributed by atoms with Crippen LogP contribution in [0.4, 0.5) is 5.82 Å². The zero-order chi connectivity index (χ0) is 14.2. The highest BCUT2D eigenvalue weighted by Crippen LogP contribution is 2.32. The summed E-state index contributed by atoms with van der Waals surface area (Å²) in [6.45, 7) is 0. The van der Waals surface area contributed by atoms with Crippen LogP contribution in [-0.2, 0) is 7.05 Å². The summed E-state index contributed by atoms with van der Waals surface area (Å²) in [7, 11) is 1.70. The number of thiophene rings is 1. The first-order valence-electron chi connectivity index (χ1n) is 4.98. The monoisotopic (exact) mass is 422 g/mol. The molecule has 2 rings (SSSR count). The second-order valence-electron chi connectivity index (χ2n) is 3.59. The molecule has 2 heterocycles. The second kappa shape index (κ2) is 5.70. The number of amides is 1. The van der Waals surface area contributed by atoms with Gasteiger partial charge in [-0.25, -0.2) is 0 Å². The van der Waals surface area contributed by atoms with Crippen molar-refractivity contribution in [3.8, 4) is 0 Å². The first-order valence-corrected chi connectivity index (χ1v) is 7.79. The van der Waals surface area contributed by atoms with Crippen LogP contribution >= 0.6 is 55.4 Å². The largest absolute Gasteiger partial charge is 0.389 e. The summed E-state index contributed by atoms with van der Waals surface area (Å²) in [6, 6.07) is 1.74. The average molecular weight is 424 g/mol. The summed E-state index contributed by atoms with van der Waals surface area (Å²) < 4.78 is 3.13. The van der Waals surface area contributed by atoms with Gasteiger partial charge in [0.1, 0.15) is 10.8 Å². The molecule has 0 saturated carbocycles. The number of hydrogen-bond acceptors (Lipinski definition) is 4. The number of thiocarbonyl (C=S) groups is 1. The molecule has 0 radical (unpaired) electrons. The van der Waals surface area contributed by atoms with Crippen LogP contribution in [0.1, 0.15) is 15.9 Å². The van der Waals surface area contributed by atoms with Crippen LogP contribution in [0.25, 0.3) is 0 Å². The van der Waals surface area contributed by atoms with Gasteiger partial charge in [-0.3, -0.25) is 9.48 Å². The molecule has 0 aliphatic heterocycles. The third kappa shape index (κ3) is 3.04. The summed E-state index contributed by atoms with van der Waals surface area (Å²) >= 11 is 13.0. The highest BCUT2D eigenvalue weighted by atomic mass is 79.9. The van der Waals surface area contributed by atoms with Crippen molar-refractivity contribution in [2.24, 2.45) is 12.8 Å². The molecule has 0 aliphatic carbocycles. The molecule has 2 aromatic rings. The third-order valence-corrected chi connectivity index (χ3v) is 4.90. The van der Waals surface area contributed by atoms with Crippen LogP contribution in [0.5, 0.6) is 0 Å². The number of halogens is 2. The van der Waals surface area contributed by atoms with Gasteiger partial charge in [0.15, 0.2) is 0 Å². The number of anilines is 1. The van der Waals surface area contributed by atoms with Gasteiger partial charge in [0.05, 0.1) is 24.9 Å². The summed E-state index contributed by atoms with van der Waals surface area (Å²) in [5, 5.41) is 6.79. The molecule has 19 heavy (non-hydrogen) atoms. The summed E-state index contributed by atoms with van der Waals surface area (Å²) in [5.74, 6) is 0.224. The SMILES string of the molecule is Cn1ncc(C(N)=S)c1NC(=O)c1cc(Br)sc1Br. The van der Waals surface area contributed by atoms with E-state index < -0.39 is 0 Å². The van der Waals surface area contributed by atoms with Crippen LogP contribution in [-0.4, -0.2) is 20.7 Å². The van der Waals surface area contributed by atoms with Crippen molar-refractivity contribution in [2.75, 3.05) is 5.32 Å². The molecule has 5 nitrogen and oxygen atoms in total. The standard InChI is InChI=1S/C10H8Br2N4OS2/c1-16-9(5(3-14-16)8(13)18)15-10(17)4-2-6(11)19-7(4)12/h2-3H,1H3,(H2,13,18)(H,15,17). The highest BCUT2D eigenvalue weighted by molar-refractivity contribution is 9.12. The van der Waals surface area contributed by atoms with Crippen LogP contribution in [0.2, 0.25) is 0 Å². The van der Waals surface area contributed by atoms with Crippen molar-refractivity contribution >= 4 is 72.1 Å². The zero-order valence-electron chi connectivity index (χ0n) is 9.61. The molecule has 0 aromatic carbocycles. The fourth-order valence-corrected chi connectivity index (χ4v) is 4.38. The first kappa shape index (κ1) is 14.6. The van der Waals surface area contributed by atoms with Crippen molar-refractivity contribution in [1.82, 2.24) is 9.78 Å². The van der Waals surface area contributed by atoms with E-state index in [9.17, 15) is 4.79 Å². The van der Waals surface area contributed by atoms with E-state index >= 15 is 0 Å². The fourth-order valence-electron chi connectivity index (χ4n) is 1.44. The van der Waals surface area contributed by atoms with Crippen molar-refractivity contribution < 1.29 is 4.79 Å². The minimum absolute atomic E-state index is 0.189. The van der Waals surface area contributed by atoms with Gasteiger partial charge in [0.2, 0.25) is 0 Å². The molecule has 0 atom stereocenters. The lowest BCUT2D eigenvalue weighted by molar-refractivity contribution is 0.102. The Morgan fingerprint density at radius 1 is 1.53 bits per heavy atom. The number of nitrogens with one attached hydrogen (secondary N) is 1. The van der Waals surface area contributed by atoms with Crippen molar-refractivity contribution in [2.45, 2.75) is 0 Å². The Balaban J connectivity index is 2.31. The predicted molar refractivity (Wildman–Crippen MR) is 86.8 cm³/mol. The Morgan fingerprint density at radius 3 is 2.74 bits per heavy atom. The molecular formula is C10H8Br2N4OS2. The fraction of sp³-hybridized carbons (Fsp3) is 0.100. The molecule has 0 saturated heterocycles. The van der Waals surface area contributed by atoms with Gasteiger partial charge >= 0.3 is 0 Å². The normalized spacial score (nSPS) is 10.5. The average Bonchev–Trinajstić information content (AvgIpc) is 2.83. The van der Waals surface area contributed by atoms with Gasteiger partial charge in [-0.2, -0.15) is 5.10 Å². The van der Waals surface area contributed by atoms with E-state index in [1.165, 1.54) is 22.2 Å². The van der Waals surface area contributed by atoms with Crippen LogP contribution < -0.4 is 11.1 Å². The lowest BCUT2D eigenvalue weighted by atomic mass is 10.3. The van der Waals surface area contributed by atoms with E-state index in [0.717, 1.165) is 7.57 Å². The van der Waals surface area contributed by atoms with Gasteiger partial charge in [-0.15, -0.1) is 11.3 Å². The molecule has 0 aliphatic rings. The lowest BCUT2D eigenvalue weighted by Crippen LogP contribution is -2.18. The number of nitrogens with zero attached hydrogens (tertiary/aromatic N) is 2. The number of rotatable bonds is 3. The van der Waals surface area contributed by atoms with Gasteiger partial charge in [0, 0.05) is 7.05 Å². The maximum Gasteiger partial charge on any atom is 0.258 e. The molecule has 100 valence electrons. The lowest BCUT2D eigenvalue weighted by Gasteiger charge is -2.07. The molecule has 3 N–H and O–H groups in total. The summed E-state index contributed by atoms with van der Waals surface area (Å²) in [6.07, 6.45) is 1.52. The Bertz CT molecular complexity index is 665. The Labute approximate surface area is 135 Å². The zero-order valence-corrected chi connectivity index (χ0v) is 14.4. The quantitative estimate of drug-likeness (QED) is 0.744. The minimum atomic E-state index is -0.255. The summed E-state index contributed by atoms with van der Waals surface area (Å²) in [5.41, 5.74) is 6.66. The van der Waals surface area contributed by atoms with Gasteiger partial charge in [0.25, 0.3) is 5.91 Å². The third-order valence-electron chi connectivity index (χ3n) is 2.34. The van der Waals surface area contributed by atoms with Crippen molar-refractivity contribution in [3.63, 3.8) is 0 Å². The highest BCUT2D eigenvalue weighted by Gasteiger charge is 2.18. The Morgan fingerprint density at radius 2 is 2.21 bits per heavy atom. The van der Waals surface area contributed by atoms with Crippen LogP contribution in [0.15, 0.2) is 19.8 Å². The molecule has 1 amide bonds. The van der Waals surface area contributed by atoms with E-state index in [1.807, 2.05) is 0 Å². The second-order valence-corrected chi connectivity index (χ2v) is 7.78. The van der Waals surface area contributed by atoms with Crippen molar-refractivity contribution in [1.29, 1.82) is 0 Å². The number of aryl methyl sites for hydroxylation is 1. The Kier molecular flexibility index (Phi) is 4.39. The van der Waals surface area contributed by atoms with E-state index in [0.29, 0.717) is 16.9 Å². The van der Waals surface area contributed by atoms with Gasteiger partial charge in [-0.1, -0.05) is 12.2 Å². The predicted octanol–water partition coefficient (Wildman–Crippen LogP) is 2.89. The molecule has 2 aromatic heterocycles. The van der Waals surface area contributed by atoms with E-state index in [-0.39, 0.29) is 10.9 Å². The molecular weight excluding hydrogens is 416 g/mol.